The summed E-state index contributed by atoms with van der Waals surface area (Å²) in [5, 5.41) is 10.3. The summed E-state index contributed by atoms with van der Waals surface area (Å²) in [5.74, 6) is 1.40. The molecule has 1 unspecified atom stereocenters. The van der Waals surface area contributed by atoms with Crippen LogP contribution in [0.15, 0.2) is 201 Å². The SMILES string of the molecule is c1ccc(C2=NC(c3ccccc3)NC(c3cccc4c3oc3cc(-c5cccc6oc7c(-n8c9ccccc9c9ccccc98)cccc7c56)ccc34)=N2)cc1. The number of furan rings is 2. The van der Waals surface area contributed by atoms with E-state index >= 15 is 0 Å². The first-order valence-electron chi connectivity index (χ1n) is 19.2. The first-order chi connectivity index (χ1) is 28.3. The fraction of sp³-hybridized carbons (Fsp3) is 0.0196. The molecule has 8 aromatic carbocycles. The van der Waals surface area contributed by atoms with E-state index in [-0.39, 0.29) is 6.17 Å². The van der Waals surface area contributed by atoms with Crippen molar-refractivity contribution in [3.8, 4) is 16.8 Å². The van der Waals surface area contributed by atoms with Crippen LogP contribution in [0.1, 0.15) is 22.9 Å². The maximum absolute atomic E-state index is 6.82. The first kappa shape index (κ1) is 31.6. The van der Waals surface area contributed by atoms with Crippen molar-refractivity contribution < 1.29 is 8.83 Å². The third-order valence-corrected chi connectivity index (χ3v) is 11.3. The molecule has 11 aromatic rings. The molecular formula is C51H32N4O2. The Kier molecular flexibility index (Phi) is 6.89. The summed E-state index contributed by atoms with van der Waals surface area (Å²) in [4.78, 5) is 10.1. The molecular weight excluding hydrogens is 701 g/mol. The summed E-state index contributed by atoms with van der Waals surface area (Å²) in [7, 11) is 0. The fourth-order valence-corrected chi connectivity index (χ4v) is 8.69. The molecule has 0 aliphatic carbocycles. The lowest BCUT2D eigenvalue weighted by Gasteiger charge is -2.23. The Labute approximate surface area is 326 Å². The summed E-state index contributed by atoms with van der Waals surface area (Å²) >= 11 is 0. The lowest BCUT2D eigenvalue weighted by atomic mass is 9.98. The summed E-state index contributed by atoms with van der Waals surface area (Å²) < 4.78 is 15.9. The quantitative estimate of drug-likeness (QED) is 0.192. The minimum atomic E-state index is -0.305. The number of hydrogen-bond donors (Lipinski definition) is 1. The number of rotatable bonds is 5. The van der Waals surface area contributed by atoms with Crippen molar-refractivity contribution in [1.29, 1.82) is 0 Å². The second-order valence-electron chi connectivity index (χ2n) is 14.5. The molecule has 12 rings (SSSR count). The minimum absolute atomic E-state index is 0.305. The van der Waals surface area contributed by atoms with Gasteiger partial charge in [-0.2, -0.15) is 0 Å². The van der Waals surface area contributed by atoms with Gasteiger partial charge in [0.2, 0.25) is 0 Å². The molecule has 57 heavy (non-hydrogen) atoms. The normalized spacial score (nSPS) is 14.5. The largest absolute Gasteiger partial charge is 0.455 e. The van der Waals surface area contributed by atoms with Gasteiger partial charge in [0.1, 0.15) is 28.8 Å². The van der Waals surface area contributed by atoms with Crippen LogP contribution in [-0.4, -0.2) is 16.2 Å². The van der Waals surface area contributed by atoms with Crippen molar-refractivity contribution in [1.82, 2.24) is 9.88 Å². The Morgan fingerprint density at radius 3 is 1.93 bits per heavy atom. The van der Waals surface area contributed by atoms with Crippen LogP contribution in [0.2, 0.25) is 0 Å². The highest BCUT2D eigenvalue weighted by Crippen LogP contribution is 2.42. The van der Waals surface area contributed by atoms with Gasteiger partial charge in [0.25, 0.3) is 0 Å². The number of aromatic nitrogens is 1. The van der Waals surface area contributed by atoms with Crippen LogP contribution in [0.5, 0.6) is 0 Å². The Bertz CT molecular complexity index is 3390. The predicted molar refractivity (Wildman–Crippen MR) is 233 cm³/mol. The van der Waals surface area contributed by atoms with Gasteiger partial charge in [0, 0.05) is 37.9 Å². The van der Waals surface area contributed by atoms with Gasteiger partial charge in [-0.05, 0) is 59.2 Å². The van der Waals surface area contributed by atoms with Gasteiger partial charge in [0.05, 0.1) is 22.3 Å². The van der Waals surface area contributed by atoms with Gasteiger partial charge >= 0.3 is 0 Å². The second kappa shape index (κ2) is 12.4. The number of aliphatic imine (C=N–C) groups is 2. The van der Waals surface area contributed by atoms with E-state index in [1.807, 2.05) is 48.5 Å². The highest BCUT2D eigenvalue weighted by atomic mass is 16.3. The van der Waals surface area contributed by atoms with E-state index in [0.29, 0.717) is 5.84 Å². The predicted octanol–water partition coefficient (Wildman–Crippen LogP) is 12.7. The van der Waals surface area contributed by atoms with E-state index in [1.54, 1.807) is 0 Å². The monoisotopic (exact) mass is 732 g/mol. The molecule has 6 heteroatoms. The molecule has 6 nitrogen and oxygen atoms in total. The molecule has 1 atom stereocenters. The number of nitrogens with zero attached hydrogens (tertiary/aromatic N) is 3. The number of para-hydroxylation sites is 4. The van der Waals surface area contributed by atoms with Crippen molar-refractivity contribution in [3.05, 3.63) is 199 Å². The van der Waals surface area contributed by atoms with Crippen LogP contribution in [0, 0.1) is 0 Å². The maximum atomic E-state index is 6.82. The van der Waals surface area contributed by atoms with Crippen LogP contribution < -0.4 is 5.32 Å². The Morgan fingerprint density at radius 2 is 1.12 bits per heavy atom. The third kappa shape index (κ3) is 4.90. The van der Waals surface area contributed by atoms with E-state index < -0.39 is 0 Å². The van der Waals surface area contributed by atoms with Crippen molar-refractivity contribution in [3.63, 3.8) is 0 Å². The van der Waals surface area contributed by atoms with Gasteiger partial charge in [0.15, 0.2) is 11.4 Å². The topological polar surface area (TPSA) is 68.0 Å². The van der Waals surface area contributed by atoms with Crippen LogP contribution in [-0.2, 0) is 0 Å². The van der Waals surface area contributed by atoms with Crippen LogP contribution in [0.4, 0.5) is 0 Å². The summed E-state index contributed by atoms with van der Waals surface area (Å²) in [5.41, 5.74) is 11.6. The van der Waals surface area contributed by atoms with E-state index in [9.17, 15) is 0 Å². The smallest absolute Gasteiger partial charge is 0.159 e. The summed E-state index contributed by atoms with van der Waals surface area (Å²) in [6, 6.07) is 63.1. The van der Waals surface area contributed by atoms with Gasteiger partial charge < -0.3 is 18.7 Å². The molecule has 1 aliphatic heterocycles. The highest BCUT2D eigenvalue weighted by molar-refractivity contribution is 6.20. The lowest BCUT2D eigenvalue weighted by molar-refractivity contribution is 0.659. The molecule has 0 saturated carbocycles. The summed E-state index contributed by atoms with van der Waals surface area (Å²) in [6.07, 6.45) is -0.305. The molecule has 1 N–H and O–H groups in total. The second-order valence-corrected chi connectivity index (χ2v) is 14.5. The van der Waals surface area contributed by atoms with Crippen LogP contribution in [0.3, 0.4) is 0 Å². The fourth-order valence-electron chi connectivity index (χ4n) is 8.69. The summed E-state index contributed by atoms with van der Waals surface area (Å²) in [6.45, 7) is 0. The van der Waals surface area contributed by atoms with Gasteiger partial charge in [-0.1, -0.05) is 140 Å². The molecule has 268 valence electrons. The number of amidine groups is 2. The van der Waals surface area contributed by atoms with E-state index in [4.69, 9.17) is 18.8 Å². The molecule has 0 spiro atoms. The van der Waals surface area contributed by atoms with Crippen molar-refractivity contribution in [2.24, 2.45) is 9.98 Å². The number of nitrogens with one attached hydrogen (secondary N) is 1. The Balaban J connectivity index is 1.00. The standard InChI is InChI=1S/C51H32N4O2/c1-3-14-31(15-4-1)49-52-50(32-16-5-2-6-17-32)54-51(53-49)40-23-11-21-38-37-29-28-33(30-45(37)57-47(38)40)34-20-13-27-44-46(34)39-22-12-26-43(48(39)56-44)55-41-24-9-7-18-35(41)36-19-8-10-25-42(36)55/h1-30,49H,(H,52,53,54). The molecule has 0 fully saturated rings. The number of benzene rings is 8. The van der Waals surface area contributed by atoms with Crippen molar-refractivity contribution in [2.45, 2.75) is 6.17 Å². The molecule has 0 saturated heterocycles. The van der Waals surface area contributed by atoms with Crippen molar-refractivity contribution in [2.75, 3.05) is 0 Å². The zero-order chi connectivity index (χ0) is 37.5. The van der Waals surface area contributed by atoms with Gasteiger partial charge in [-0.15, -0.1) is 0 Å². The van der Waals surface area contributed by atoms with Crippen LogP contribution >= 0.6 is 0 Å². The lowest BCUT2D eigenvalue weighted by Crippen LogP contribution is -2.33. The molecule has 0 bridgehead atoms. The minimum Gasteiger partial charge on any atom is -0.455 e. The van der Waals surface area contributed by atoms with Crippen molar-refractivity contribution >= 4 is 77.4 Å². The number of fused-ring (bicyclic) bond motifs is 9. The van der Waals surface area contributed by atoms with E-state index in [2.05, 4.69) is 143 Å². The van der Waals surface area contributed by atoms with E-state index in [1.165, 1.54) is 10.8 Å². The number of hydrogen-bond acceptors (Lipinski definition) is 5. The molecule has 3 aromatic heterocycles. The Morgan fingerprint density at radius 1 is 0.474 bits per heavy atom. The third-order valence-electron chi connectivity index (χ3n) is 11.3. The molecule has 1 aliphatic rings. The highest BCUT2D eigenvalue weighted by Gasteiger charge is 2.25. The molecule has 0 radical (unpaired) electrons. The first-order valence-corrected chi connectivity index (χ1v) is 19.2. The zero-order valence-corrected chi connectivity index (χ0v) is 30.6. The maximum Gasteiger partial charge on any atom is 0.159 e. The Hall–Kier alpha value is -7.70. The van der Waals surface area contributed by atoms with Gasteiger partial charge in [-0.25, -0.2) is 9.98 Å². The molecule has 4 heterocycles. The van der Waals surface area contributed by atoms with E-state index in [0.717, 1.165) is 94.3 Å². The average Bonchev–Trinajstić information content (AvgIpc) is 3.96. The zero-order valence-electron chi connectivity index (χ0n) is 30.6. The molecule has 0 amide bonds. The average molecular weight is 733 g/mol. The van der Waals surface area contributed by atoms with Crippen LogP contribution in [0.25, 0.3) is 82.5 Å². The van der Waals surface area contributed by atoms with Gasteiger partial charge in [-0.3, -0.25) is 0 Å².